The average molecular weight is 314 g/mol. The zero-order chi connectivity index (χ0) is 16.6. The molecule has 0 heterocycles. The van der Waals surface area contributed by atoms with Crippen molar-refractivity contribution in [3.63, 3.8) is 0 Å². The van der Waals surface area contributed by atoms with E-state index in [0.29, 0.717) is 10.3 Å². The molecule has 0 aliphatic rings. The van der Waals surface area contributed by atoms with E-state index in [2.05, 4.69) is 103 Å². The van der Waals surface area contributed by atoms with E-state index >= 15 is 0 Å². The molecule has 0 aliphatic heterocycles. The molecule has 0 fully saturated rings. The molecule has 120 valence electrons. The Bertz CT molecular complexity index is 613. The maximum atomic E-state index is 2.56. The van der Waals surface area contributed by atoms with E-state index < -0.39 is 7.26 Å². The minimum atomic E-state index is -1.76. The Morgan fingerprint density at radius 2 is 1.09 bits per heavy atom. The van der Waals surface area contributed by atoms with Gasteiger partial charge in [-0.25, -0.2) is 0 Å². The fourth-order valence-electron chi connectivity index (χ4n) is 3.72. The van der Waals surface area contributed by atoms with Crippen LogP contribution in [0.25, 0.3) is 11.1 Å². The molecule has 0 radical (unpaired) electrons. The standard InChI is InChI=1S/C21H31P/c1-20(2,3)22(7,21(4,5)6)19-16-12-11-15-18(19)17-13-9-8-10-14-17/h8-16,22H,1-7H3. The SMILES string of the molecule is CC(C)(C)[PH](C)(c1ccccc1-c1ccccc1)C(C)(C)C. The van der Waals surface area contributed by atoms with Gasteiger partial charge in [-0.1, -0.05) is 0 Å². The summed E-state index contributed by atoms with van der Waals surface area (Å²) in [6.07, 6.45) is 0. The summed E-state index contributed by atoms with van der Waals surface area (Å²) in [6, 6.07) is 19.9. The first-order valence-corrected chi connectivity index (χ1v) is 10.7. The Morgan fingerprint density at radius 3 is 1.59 bits per heavy atom. The Morgan fingerprint density at radius 1 is 0.636 bits per heavy atom. The van der Waals surface area contributed by atoms with Crippen molar-refractivity contribution in [2.45, 2.75) is 51.9 Å². The van der Waals surface area contributed by atoms with Crippen molar-refractivity contribution in [1.29, 1.82) is 0 Å². The minimum absolute atomic E-state index is 0.302. The summed E-state index contributed by atoms with van der Waals surface area (Å²) in [5.74, 6) is 0. The van der Waals surface area contributed by atoms with Crippen LogP contribution in [0.4, 0.5) is 0 Å². The van der Waals surface area contributed by atoms with Gasteiger partial charge < -0.3 is 0 Å². The fourth-order valence-corrected chi connectivity index (χ4v) is 8.78. The van der Waals surface area contributed by atoms with Gasteiger partial charge in [-0.15, -0.1) is 0 Å². The first-order valence-electron chi connectivity index (χ1n) is 8.24. The molecular weight excluding hydrogens is 283 g/mol. The predicted molar refractivity (Wildman–Crippen MR) is 105 cm³/mol. The van der Waals surface area contributed by atoms with Gasteiger partial charge in [-0.2, -0.15) is 0 Å². The molecule has 22 heavy (non-hydrogen) atoms. The number of benzene rings is 2. The first kappa shape index (κ1) is 17.2. The van der Waals surface area contributed by atoms with Crippen molar-refractivity contribution in [2.24, 2.45) is 0 Å². The molecule has 2 aromatic rings. The van der Waals surface area contributed by atoms with Gasteiger partial charge in [0, 0.05) is 0 Å². The molecule has 0 atom stereocenters. The Balaban J connectivity index is 2.76. The first-order chi connectivity index (χ1) is 10.1. The molecule has 0 nitrogen and oxygen atoms in total. The third-order valence-electron chi connectivity index (χ3n) is 5.55. The molecule has 0 unspecified atom stereocenters. The van der Waals surface area contributed by atoms with Crippen molar-refractivity contribution < 1.29 is 0 Å². The summed E-state index contributed by atoms with van der Waals surface area (Å²) in [5, 5.41) is 2.19. The van der Waals surface area contributed by atoms with Gasteiger partial charge in [-0.3, -0.25) is 0 Å². The Labute approximate surface area is 137 Å². The molecule has 0 N–H and O–H groups in total. The third-order valence-corrected chi connectivity index (χ3v) is 13.1. The van der Waals surface area contributed by atoms with Gasteiger partial charge in [0.1, 0.15) is 0 Å². The molecule has 0 spiro atoms. The van der Waals surface area contributed by atoms with Crippen LogP contribution in [0.1, 0.15) is 41.5 Å². The number of hydrogen-bond donors (Lipinski definition) is 0. The second-order valence-electron chi connectivity index (χ2n) is 8.54. The molecule has 0 saturated heterocycles. The van der Waals surface area contributed by atoms with Gasteiger partial charge in [0.2, 0.25) is 0 Å². The monoisotopic (exact) mass is 314 g/mol. The number of hydrogen-bond acceptors (Lipinski definition) is 0. The van der Waals surface area contributed by atoms with Crippen molar-refractivity contribution in [3.8, 4) is 11.1 Å². The maximum absolute atomic E-state index is 2.56. The topological polar surface area (TPSA) is 0 Å². The average Bonchev–Trinajstić information content (AvgIpc) is 2.45. The molecule has 0 amide bonds. The van der Waals surface area contributed by atoms with Gasteiger partial charge >= 0.3 is 137 Å². The molecule has 1 heteroatoms. The van der Waals surface area contributed by atoms with Crippen molar-refractivity contribution in [1.82, 2.24) is 0 Å². The van der Waals surface area contributed by atoms with E-state index in [0.717, 1.165) is 0 Å². The van der Waals surface area contributed by atoms with Crippen LogP contribution in [0, 0.1) is 0 Å². The van der Waals surface area contributed by atoms with Crippen LogP contribution in [0.3, 0.4) is 0 Å². The van der Waals surface area contributed by atoms with E-state index in [1.807, 2.05) is 0 Å². The molecule has 0 aliphatic carbocycles. The Kier molecular flexibility index (Phi) is 4.56. The van der Waals surface area contributed by atoms with Crippen LogP contribution in [-0.4, -0.2) is 17.0 Å². The van der Waals surface area contributed by atoms with E-state index in [1.54, 1.807) is 5.30 Å². The number of rotatable bonds is 2. The fraction of sp³-hybridized carbons (Fsp3) is 0.429. The van der Waals surface area contributed by atoms with Gasteiger partial charge in [0.15, 0.2) is 0 Å². The quantitative estimate of drug-likeness (QED) is 0.600. The van der Waals surface area contributed by atoms with Crippen LogP contribution in [0.15, 0.2) is 54.6 Å². The third kappa shape index (κ3) is 2.86. The molecule has 0 aromatic heterocycles. The second-order valence-corrected chi connectivity index (χ2v) is 14.3. The second kappa shape index (κ2) is 5.82. The summed E-state index contributed by atoms with van der Waals surface area (Å²) in [7, 11) is -1.76. The molecule has 0 saturated carbocycles. The van der Waals surface area contributed by atoms with Crippen molar-refractivity contribution >= 4 is 12.6 Å². The van der Waals surface area contributed by atoms with E-state index in [1.165, 1.54) is 11.1 Å². The van der Waals surface area contributed by atoms with Crippen LogP contribution in [0.2, 0.25) is 0 Å². The van der Waals surface area contributed by atoms with Crippen LogP contribution >= 0.6 is 7.26 Å². The normalized spacial score (nSPS) is 14.0. The van der Waals surface area contributed by atoms with E-state index in [4.69, 9.17) is 0 Å². The van der Waals surface area contributed by atoms with Gasteiger partial charge in [-0.05, 0) is 0 Å². The van der Waals surface area contributed by atoms with Crippen molar-refractivity contribution in [3.05, 3.63) is 54.6 Å². The van der Waals surface area contributed by atoms with Crippen LogP contribution in [-0.2, 0) is 0 Å². The zero-order valence-corrected chi connectivity index (χ0v) is 16.2. The summed E-state index contributed by atoms with van der Waals surface area (Å²) < 4.78 is 0. The summed E-state index contributed by atoms with van der Waals surface area (Å²) in [4.78, 5) is 0. The van der Waals surface area contributed by atoms with Crippen LogP contribution in [0.5, 0.6) is 0 Å². The molecule has 2 aromatic carbocycles. The van der Waals surface area contributed by atoms with Gasteiger partial charge in [0.05, 0.1) is 0 Å². The molecule has 0 bridgehead atoms. The van der Waals surface area contributed by atoms with E-state index in [9.17, 15) is 0 Å². The van der Waals surface area contributed by atoms with Crippen molar-refractivity contribution in [2.75, 3.05) is 6.66 Å². The zero-order valence-electron chi connectivity index (χ0n) is 15.2. The molecular formula is C21H31P. The Hall–Kier alpha value is -1.13. The summed E-state index contributed by atoms with van der Waals surface area (Å²) in [5.41, 5.74) is 2.76. The summed E-state index contributed by atoms with van der Waals surface area (Å²) in [6.45, 7) is 17.1. The molecule has 2 rings (SSSR count). The van der Waals surface area contributed by atoms with Gasteiger partial charge in [0.25, 0.3) is 0 Å². The predicted octanol–water partition coefficient (Wildman–Crippen LogP) is 5.96. The van der Waals surface area contributed by atoms with E-state index in [-0.39, 0.29) is 0 Å². The van der Waals surface area contributed by atoms with Crippen LogP contribution < -0.4 is 5.30 Å². The summed E-state index contributed by atoms with van der Waals surface area (Å²) >= 11 is 0.